The van der Waals surface area contributed by atoms with Crippen molar-refractivity contribution in [3.63, 3.8) is 0 Å². The van der Waals surface area contributed by atoms with Crippen LogP contribution in [0.5, 0.6) is 0 Å². The largest absolute Gasteiger partial charge is 0.391 e. The number of nitrogens with zero attached hydrogens (tertiary/aromatic N) is 2. The van der Waals surface area contributed by atoms with E-state index in [9.17, 15) is 5.11 Å². The van der Waals surface area contributed by atoms with E-state index < -0.39 is 0 Å². The van der Waals surface area contributed by atoms with Gasteiger partial charge in [0, 0.05) is 31.7 Å². The molecule has 3 unspecified atom stereocenters. The van der Waals surface area contributed by atoms with E-state index in [4.69, 9.17) is 0 Å². The third kappa shape index (κ3) is 2.35. The van der Waals surface area contributed by atoms with E-state index in [2.05, 4.69) is 23.8 Å². The van der Waals surface area contributed by atoms with Gasteiger partial charge in [0.1, 0.15) is 0 Å². The van der Waals surface area contributed by atoms with Crippen LogP contribution in [0.4, 0.5) is 0 Å². The normalized spacial score (nSPS) is 39.8. The van der Waals surface area contributed by atoms with Crippen LogP contribution in [0.2, 0.25) is 0 Å². The van der Waals surface area contributed by atoms with Gasteiger partial charge in [0.05, 0.1) is 6.10 Å². The van der Waals surface area contributed by atoms with Gasteiger partial charge in [-0.15, -0.1) is 0 Å². The van der Waals surface area contributed by atoms with Gasteiger partial charge in [0.15, 0.2) is 0 Å². The number of hydrogen-bond donors (Lipinski definition) is 1. The van der Waals surface area contributed by atoms with Gasteiger partial charge < -0.3 is 10.0 Å². The Kier molecular flexibility index (Phi) is 3.65. The molecule has 3 heteroatoms. The molecule has 88 valence electrons. The molecule has 2 fully saturated rings. The van der Waals surface area contributed by atoms with E-state index in [0.717, 1.165) is 26.1 Å². The Morgan fingerprint density at radius 2 is 2.07 bits per heavy atom. The van der Waals surface area contributed by atoms with Crippen LogP contribution in [-0.2, 0) is 0 Å². The maximum atomic E-state index is 9.91. The van der Waals surface area contributed by atoms with Gasteiger partial charge in [-0.2, -0.15) is 0 Å². The molecule has 3 atom stereocenters. The molecule has 2 aliphatic rings. The molecule has 1 saturated heterocycles. The van der Waals surface area contributed by atoms with Gasteiger partial charge in [-0.3, -0.25) is 4.90 Å². The van der Waals surface area contributed by atoms with E-state index in [1.807, 2.05) is 0 Å². The number of aliphatic hydroxyl groups is 1. The number of aliphatic hydroxyl groups excluding tert-OH is 1. The standard InChI is InChI=1S/C12H24N2O/c1-3-10-9-14(8-7-13(10)2)11-5-4-6-12(11)15/h10-12,15H,3-9H2,1-2H3. The minimum atomic E-state index is -0.0640. The van der Waals surface area contributed by atoms with Crippen molar-refractivity contribution in [2.45, 2.75) is 50.8 Å². The third-order valence-corrected chi connectivity index (χ3v) is 4.19. The van der Waals surface area contributed by atoms with Gasteiger partial charge in [-0.1, -0.05) is 6.92 Å². The van der Waals surface area contributed by atoms with Crippen molar-refractivity contribution in [3.05, 3.63) is 0 Å². The summed E-state index contributed by atoms with van der Waals surface area (Å²) < 4.78 is 0. The fourth-order valence-electron chi connectivity index (χ4n) is 3.06. The van der Waals surface area contributed by atoms with Crippen molar-refractivity contribution < 1.29 is 5.11 Å². The monoisotopic (exact) mass is 212 g/mol. The van der Waals surface area contributed by atoms with Crippen LogP contribution in [0.1, 0.15) is 32.6 Å². The van der Waals surface area contributed by atoms with Gasteiger partial charge in [-0.25, -0.2) is 0 Å². The van der Waals surface area contributed by atoms with Crippen LogP contribution in [0, 0.1) is 0 Å². The first-order valence-corrected chi connectivity index (χ1v) is 6.34. The minimum absolute atomic E-state index is 0.0640. The second-order valence-electron chi connectivity index (χ2n) is 5.10. The van der Waals surface area contributed by atoms with Crippen molar-refractivity contribution in [2.75, 3.05) is 26.7 Å². The number of rotatable bonds is 2. The van der Waals surface area contributed by atoms with E-state index in [1.165, 1.54) is 19.3 Å². The first kappa shape index (κ1) is 11.4. The molecule has 0 radical (unpaired) electrons. The second-order valence-corrected chi connectivity index (χ2v) is 5.10. The molecule has 0 amide bonds. The van der Waals surface area contributed by atoms with E-state index in [0.29, 0.717) is 12.1 Å². The summed E-state index contributed by atoms with van der Waals surface area (Å²) in [4.78, 5) is 4.98. The summed E-state index contributed by atoms with van der Waals surface area (Å²) in [6.07, 6.45) is 4.56. The van der Waals surface area contributed by atoms with Crippen LogP contribution >= 0.6 is 0 Å². The topological polar surface area (TPSA) is 26.7 Å². The molecule has 15 heavy (non-hydrogen) atoms. The lowest BCUT2D eigenvalue weighted by Gasteiger charge is -2.42. The highest BCUT2D eigenvalue weighted by Crippen LogP contribution is 2.26. The molecule has 0 aromatic rings. The zero-order chi connectivity index (χ0) is 10.8. The van der Waals surface area contributed by atoms with E-state index in [-0.39, 0.29) is 6.10 Å². The molecule has 0 bridgehead atoms. The van der Waals surface area contributed by atoms with Gasteiger partial charge in [-0.05, 0) is 32.7 Å². The maximum absolute atomic E-state index is 9.91. The summed E-state index contributed by atoms with van der Waals surface area (Å²) in [5, 5.41) is 9.91. The van der Waals surface area contributed by atoms with Crippen LogP contribution in [0.15, 0.2) is 0 Å². The lowest BCUT2D eigenvalue weighted by molar-refractivity contribution is 0.0166. The fourth-order valence-corrected chi connectivity index (χ4v) is 3.06. The Morgan fingerprint density at radius 1 is 1.27 bits per heavy atom. The highest BCUT2D eigenvalue weighted by Gasteiger charge is 2.34. The molecular formula is C12H24N2O. The van der Waals surface area contributed by atoms with Crippen molar-refractivity contribution in [3.8, 4) is 0 Å². The summed E-state index contributed by atoms with van der Waals surface area (Å²) in [6, 6.07) is 1.14. The Bertz CT molecular complexity index is 210. The molecule has 2 rings (SSSR count). The molecular weight excluding hydrogens is 188 g/mol. The van der Waals surface area contributed by atoms with Gasteiger partial charge >= 0.3 is 0 Å². The Hall–Kier alpha value is -0.120. The number of hydrogen-bond acceptors (Lipinski definition) is 3. The first-order chi connectivity index (χ1) is 7.22. The van der Waals surface area contributed by atoms with Crippen molar-refractivity contribution in [2.24, 2.45) is 0 Å². The highest BCUT2D eigenvalue weighted by atomic mass is 16.3. The SMILES string of the molecule is CCC1CN(C2CCCC2O)CCN1C. The smallest absolute Gasteiger partial charge is 0.0695 e. The average molecular weight is 212 g/mol. The lowest BCUT2D eigenvalue weighted by atomic mass is 10.1. The van der Waals surface area contributed by atoms with Crippen LogP contribution in [-0.4, -0.2) is 59.8 Å². The van der Waals surface area contributed by atoms with Crippen molar-refractivity contribution >= 4 is 0 Å². The second kappa shape index (κ2) is 4.81. The predicted molar refractivity (Wildman–Crippen MR) is 61.9 cm³/mol. The van der Waals surface area contributed by atoms with E-state index >= 15 is 0 Å². The van der Waals surface area contributed by atoms with Crippen LogP contribution in [0.25, 0.3) is 0 Å². The zero-order valence-electron chi connectivity index (χ0n) is 10.0. The minimum Gasteiger partial charge on any atom is -0.391 e. The number of piperazine rings is 1. The highest BCUT2D eigenvalue weighted by molar-refractivity contribution is 4.90. The fraction of sp³-hybridized carbons (Fsp3) is 1.00. The molecule has 1 N–H and O–H groups in total. The quantitative estimate of drug-likeness (QED) is 0.737. The number of likely N-dealkylation sites (N-methyl/N-ethyl adjacent to an activating group) is 1. The Labute approximate surface area is 93.1 Å². The zero-order valence-corrected chi connectivity index (χ0v) is 10.0. The Balaban J connectivity index is 1.93. The first-order valence-electron chi connectivity index (χ1n) is 6.34. The summed E-state index contributed by atoms with van der Waals surface area (Å²) in [6.45, 7) is 5.70. The van der Waals surface area contributed by atoms with E-state index in [1.54, 1.807) is 0 Å². The molecule has 3 nitrogen and oxygen atoms in total. The maximum Gasteiger partial charge on any atom is 0.0695 e. The summed E-state index contributed by atoms with van der Waals surface area (Å²) in [5.41, 5.74) is 0. The molecule has 0 aromatic carbocycles. The summed E-state index contributed by atoms with van der Waals surface area (Å²) in [7, 11) is 2.22. The van der Waals surface area contributed by atoms with Crippen LogP contribution in [0.3, 0.4) is 0 Å². The van der Waals surface area contributed by atoms with Crippen LogP contribution < -0.4 is 0 Å². The summed E-state index contributed by atoms with van der Waals surface area (Å²) in [5.74, 6) is 0. The van der Waals surface area contributed by atoms with Gasteiger partial charge in [0.25, 0.3) is 0 Å². The predicted octanol–water partition coefficient (Wildman–Crippen LogP) is 0.926. The van der Waals surface area contributed by atoms with Gasteiger partial charge in [0.2, 0.25) is 0 Å². The molecule has 1 aliphatic carbocycles. The molecule has 1 heterocycles. The molecule has 0 aromatic heterocycles. The Morgan fingerprint density at radius 3 is 2.67 bits per heavy atom. The molecule has 0 spiro atoms. The third-order valence-electron chi connectivity index (χ3n) is 4.19. The molecule has 1 aliphatic heterocycles. The lowest BCUT2D eigenvalue weighted by Crippen LogP contribution is -2.55. The average Bonchev–Trinajstić information content (AvgIpc) is 2.65. The van der Waals surface area contributed by atoms with Crippen molar-refractivity contribution in [1.29, 1.82) is 0 Å². The molecule has 1 saturated carbocycles. The summed E-state index contributed by atoms with van der Waals surface area (Å²) >= 11 is 0. The van der Waals surface area contributed by atoms with Crippen molar-refractivity contribution in [1.82, 2.24) is 9.80 Å².